The molecule has 0 aliphatic heterocycles. The van der Waals surface area contributed by atoms with Gasteiger partial charge in [-0.05, 0) is 29.8 Å². The van der Waals surface area contributed by atoms with Gasteiger partial charge in [0.05, 0.1) is 5.69 Å². The standard InChI is InChI=1S/C14H21BrN6/c1-7-16-12-8(2)9(10-11(15)19-20-21(10)6)17-13(18-12)14(3,4)5/h7H2,1-6H3,(H,16,17,18). The molecule has 0 atom stereocenters. The van der Waals surface area contributed by atoms with Crippen LogP contribution < -0.4 is 5.32 Å². The van der Waals surface area contributed by atoms with E-state index in [-0.39, 0.29) is 5.41 Å². The first-order valence-corrected chi connectivity index (χ1v) is 7.73. The molecule has 6 nitrogen and oxygen atoms in total. The predicted molar refractivity (Wildman–Crippen MR) is 87.3 cm³/mol. The topological polar surface area (TPSA) is 68.5 Å². The van der Waals surface area contributed by atoms with E-state index in [9.17, 15) is 0 Å². The van der Waals surface area contributed by atoms with Crippen LogP contribution >= 0.6 is 15.9 Å². The predicted octanol–water partition coefficient (Wildman–Crippen LogP) is 3.07. The van der Waals surface area contributed by atoms with Crippen LogP contribution in [0.3, 0.4) is 0 Å². The Bertz CT molecular complexity index is 637. The molecular weight excluding hydrogens is 332 g/mol. The Balaban J connectivity index is 2.73. The van der Waals surface area contributed by atoms with Crippen molar-refractivity contribution in [1.82, 2.24) is 25.0 Å². The summed E-state index contributed by atoms with van der Waals surface area (Å²) in [4.78, 5) is 9.44. The number of nitrogens with zero attached hydrogens (tertiary/aromatic N) is 5. The Morgan fingerprint density at radius 3 is 2.38 bits per heavy atom. The number of rotatable bonds is 3. The molecule has 114 valence electrons. The fraction of sp³-hybridized carbons (Fsp3) is 0.571. The number of hydrogen-bond acceptors (Lipinski definition) is 5. The van der Waals surface area contributed by atoms with Crippen molar-refractivity contribution >= 4 is 21.7 Å². The Morgan fingerprint density at radius 1 is 1.24 bits per heavy atom. The normalized spacial score (nSPS) is 11.8. The molecule has 2 rings (SSSR count). The van der Waals surface area contributed by atoms with Crippen LogP contribution in [0.4, 0.5) is 5.82 Å². The van der Waals surface area contributed by atoms with Crippen LogP contribution in [0.25, 0.3) is 11.4 Å². The maximum absolute atomic E-state index is 4.77. The Kier molecular flexibility index (Phi) is 4.32. The highest BCUT2D eigenvalue weighted by molar-refractivity contribution is 9.10. The molecule has 0 radical (unpaired) electrons. The van der Waals surface area contributed by atoms with Crippen molar-refractivity contribution in [2.24, 2.45) is 7.05 Å². The molecule has 0 aliphatic rings. The molecule has 0 aromatic carbocycles. The highest BCUT2D eigenvalue weighted by Gasteiger charge is 2.24. The largest absolute Gasteiger partial charge is 0.370 e. The van der Waals surface area contributed by atoms with Crippen LogP contribution in [0.15, 0.2) is 4.60 Å². The van der Waals surface area contributed by atoms with E-state index >= 15 is 0 Å². The van der Waals surface area contributed by atoms with Gasteiger partial charge in [-0.1, -0.05) is 26.0 Å². The monoisotopic (exact) mass is 352 g/mol. The van der Waals surface area contributed by atoms with Crippen molar-refractivity contribution < 1.29 is 0 Å². The molecule has 2 aromatic heterocycles. The van der Waals surface area contributed by atoms with E-state index < -0.39 is 0 Å². The first-order valence-electron chi connectivity index (χ1n) is 6.94. The van der Waals surface area contributed by atoms with Gasteiger partial charge in [0, 0.05) is 24.6 Å². The molecule has 0 fully saturated rings. The van der Waals surface area contributed by atoms with Crippen molar-refractivity contribution in [3.05, 3.63) is 16.0 Å². The number of aromatic nitrogens is 5. The molecule has 0 bridgehead atoms. The molecular formula is C14H21BrN6. The first-order chi connectivity index (χ1) is 9.75. The van der Waals surface area contributed by atoms with E-state index in [2.05, 4.69) is 64.2 Å². The number of hydrogen-bond donors (Lipinski definition) is 1. The minimum absolute atomic E-state index is 0.134. The van der Waals surface area contributed by atoms with E-state index in [1.165, 1.54) is 0 Å². The third-order valence-electron chi connectivity index (χ3n) is 3.17. The Hall–Kier alpha value is -1.50. The van der Waals surface area contributed by atoms with Gasteiger partial charge in [0.15, 0.2) is 4.60 Å². The maximum atomic E-state index is 4.77. The lowest BCUT2D eigenvalue weighted by Crippen LogP contribution is -2.19. The van der Waals surface area contributed by atoms with E-state index in [0.29, 0.717) is 4.60 Å². The van der Waals surface area contributed by atoms with Crippen molar-refractivity contribution in [1.29, 1.82) is 0 Å². The molecule has 0 saturated heterocycles. The highest BCUT2D eigenvalue weighted by atomic mass is 79.9. The second kappa shape index (κ2) is 5.71. The molecule has 21 heavy (non-hydrogen) atoms. The maximum Gasteiger partial charge on any atom is 0.157 e. The summed E-state index contributed by atoms with van der Waals surface area (Å²) in [6.07, 6.45) is 0. The van der Waals surface area contributed by atoms with Crippen LogP contribution in [0.2, 0.25) is 0 Å². The summed E-state index contributed by atoms with van der Waals surface area (Å²) in [6, 6.07) is 0. The summed E-state index contributed by atoms with van der Waals surface area (Å²) in [5.41, 5.74) is 2.58. The van der Waals surface area contributed by atoms with Gasteiger partial charge in [-0.25, -0.2) is 14.6 Å². The Morgan fingerprint density at radius 2 is 1.90 bits per heavy atom. The first kappa shape index (κ1) is 15.9. The molecule has 2 heterocycles. The zero-order valence-corrected chi connectivity index (χ0v) is 14.9. The quantitative estimate of drug-likeness (QED) is 0.919. The summed E-state index contributed by atoms with van der Waals surface area (Å²) < 4.78 is 2.41. The number of anilines is 1. The summed E-state index contributed by atoms with van der Waals surface area (Å²) in [6.45, 7) is 11.2. The average molecular weight is 353 g/mol. The average Bonchev–Trinajstić information content (AvgIpc) is 2.71. The minimum Gasteiger partial charge on any atom is -0.370 e. The van der Waals surface area contributed by atoms with Crippen molar-refractivity contribution in [3.8, 4) is 11.4 Å². The molecule has 0 spiro atoms. The Labute approximate surface area is 133 Å². The van der Waals surface area contributed by atoms with E-state index in [4.69, 9.17) is 4.98 Å². The molecule has 0 saturated carbocycles. The smallest absolute Gasteiger partial charge is 0.157 e. The van der Waals surface area contributed by atoms with Gasteiger partial charge in [0.2, 0.25) is 0 Å². The van der Waals surface area contributed by atoms with Crippen molar-refractivity contribution in [2.45, 2.75) is 40.0 Å². The van der Waals surface area contributed by atoms with Crippen molar-refractivity contribution in [2.75, 3.05) is 11.9 Å². The summed E-state index contributed by atoms with van der Waals surface area (Å²) in [7, 11) is 1.86. The fourth-order valence-corrected chi connectivity index (χ4v) is 2.52. The van der Waals surface area contributed by atoms with Gasteiger partial charge in [-0.15, -0.1) is 5.10 Å². The zero-order chi connectivity index (χ0) is 15.8. The second-order valence-electron chi connectivity index (χ2n) is 6.00. The lowest BCUT2D eigenvalue weighted by molar-refractivity contribution is 0.545. The number of nitrogens with one attached hydrogen (secondary N) is 1. The molecule has 2 aromatic rings. The van der Waals surface area contributed by atoms with E-state index in [1.807, 2.05) is 14.0 Å². The van der Waals surface area contributed by atoms with Gasteiger partial charge in [0.1, 0.15) is 17.3 Å². The lowest BCUT2D eigenvalue weighted by Gasteiger charge is -2.20. The van der Waals surface area contributed by atoms with Crippen LogP contribution in [0.5, 0.6) is 0 Å². The zero-order valence-electron chi connectivity index (χ0n) is 13.3. The molecule has 0 amide bonds. The number of halogens is 1. The third kappa shape index (κ3) is 3.07. The van der Waals surface area contributed by atoms with Gasteiger partial charge in [0.25, 0.3) is 0 Å². The van der Waals surface area contributed by atoms with Gasteiger partial charge in [-0.2, -0.15) is 0 Å². The number of aryl methyl sites for hydroxylation is 1. The second-order valence-corrected chi connectivity index (χ2v) is 6.75. The highest BCUT2D eigenvalue weighted by Crippen LogP contribution is 2.32. The molecule has 0 unspecified atom stereocenters. The van der Waals surface area contributed by atoms with Crippen LogP contribution in [-0.2, 0) is 12.5 Å². The van der Waals surface area contributed by atoms with Crippen molar-refractivity contribution in [3.63, 3.8) is 0 Å². The third-order valence-corrected chi connectivity index (χ3v) is 3.71. The van der Waals surface area contributed by atoms with E-state index in [0.717, 1.165) is 35.1 Å². The van der Waals surface area contributed by atoms with Crippen LogP contribution in [0, 0.1) is 6.92 Å². The summed E-state index contributed by atoms with van der Waals surface area (Å²) >= 11 is 3.45. The van der Waals surface area contributed by atoms with Crippen LogP contribution in [-0.4, -0.2) is 31.5 Å². The fourth-order valence-electron chi connectivity index (χ4n) is 2.01. The van der Waals surface area contributed by atoms with Gasteiger partial charge < -0.3 is 5.32 Å². The molecule has 7 heteroatoms. The lowest BCUT2D eigenvalue weighted by atomic mass is 9.95. The SMILES string of the molecule is CCNc1nc(C(C)(C)C)nc(-c2c(Br)nnn2C)c1C. The van der Waals surface area contributed by atoms with Gasteiger partial charge >= 0.3 is 0 Å². The molecule has 1 N–H and O–H groups in total. The summed E-state index contributed by atoms with van der Waals surface area (Å²) in [5, 5.41) is 11.4. The molecule has 0 aliphatic carbocycles. The minimum atomic E-state index is -0.134. The van der Waals surface area contributed by atoms with E-state index in [1.54, 1.807) is 4.68 Å². The summed E-state index contributed by atoms with van der Waals surface area (Å²) in [5.74, 6) is 1.66. The van der Waals surface area contributed by atoms with Crippen LogP contribution in [0.1, 0.15) is 39.1 Å². The van der Waals surface area contributed by atoms with Gasteiger partial charge in [-0.3, -0.25) is 0 Å².